The first-order chi connectivity index (χ1) is 14.1. The van der Waals surface area contributed by atoms with Crippen LogP contribution in [0.15, 0.2) is 30.5 Å². The maximum absolute atomic E-state index is 5.47. The topological polar surface area (TPSA) is 84.1 Å². The summed E-state index contributed by atoms with van der Waals surface area (Å²) in [7, 11) is 9.45. The summed E-state index contributed by atoms with van der Waals surface area (Å²) in [5.74, 6) is 3.25. The Kier molecular flexibility index (Phi) is 6.01. The summed E-state index contributed by atoms with van der Waals surface area (Å²) < 4.78 is 32.7. The summed E-state index contributed by atoms with van der Waals surface area (Å²) in [5, 5.41) is 7.28. The molecule has 0 aliphatic heterocycles. The van der Waals surface area contributed by atoms with E-state index in [0.717, 1.165) is 22.4 Å². The van der Waals surface area contributed by atoms with E-state index in [9.17, 15) is 0 Å². The van der Waals surface area contributed by atoms with Gasteiger partial charge in [0.15, 0.2) is 23.0 Å². The zero-order valence-corrected chi connectivity index (χ0v) is 17.3. The molecule has 0 unspecified atom stereocenters. The van der Waals surface area contributed by atoms with Crippen molar-refractivity contribution < 1.29 is 28.4 Å². The minimum absolute atomic E-state index is 0.521. The van der Waals surface area contributed by atoms with Crippen LogP contribution in [0.5, 0.6) is 34.5 Å². The molecule has 0 atom stereocenters. The molecule has 0 aliphatic rings. The Labute approximate surface area is 169 Å². The Morgan fingerprint density at radius 2 is 1.00 bits per heavy atom. The first kappa shape index (κ1) is 20.2. The van der Waals surface area contributed by atoms with Crippen molar-refractivity contribution in [2.24, 2.45) is 0 Å². The number of methoxy groups -OCH3 is 6. The number of nitrogens with zero attached hydrogens (tertiary/aromatic N) is 1. The zero-order chi connectivity index (χ0) is 21.0. The highest BCUT2D eigenvalue weighted by Gasteiger charge is 2.20. The van der Waals surface area contributed by atoms with Crippen molar-refractivity contribution in [2.45, 2.75) is 0 Å². The third kappa shape index (κ3) is 3.61. The molecule has 3 aromatic rings. The monoisotopic (exact) mass is 400 g/mol. The Bertz CT molecular complexity index is 871. The molecule has 0 aliphatic carbocycles. The molecule has 0 spiro atoms. The molecule has 8 nitrogen and oxygen atoms in total. The summed E-state index contributed by atoms with van der Waals surface area (Å²) in [5.41, 5.74) is 3.29. The lowest BCUT2D eigenvalue weighted by atomic mass is 10.00. The fourth-order valence-electron chi connectivity index (χ4n) is 3.19. The van der Waals surface area contributed by atoms with Gasteiger partial charge < -0.3 is 28.4 Å². The molecule has 0 fully saturated rings. The van der Waals surface area contributed by atoms with Gasteiger partial charge in [-0.3, -0.25) is 5.10 Å². The van der Waals surface area contributed by atoms with Crippen LogP contribution in [0.3, 0.4) is 0 Å². The molecular weight excluding hydrogens is 376 g/mol. The van der Waals surface area contributed by atoms with Gasteiger partial charge in [0, 0.05) is 11.1 Å². The van der Waals surface area contributed by atoms with Gasteiger partial charge in [0.1, 0.15) is 0 Å². The van der Waals surface area contributed by atoms with E-state index < -0.39 is 0 Å². The molecule has 0 saturated heterocycles. The van der Waals surface area contributed by atoms with E-state index in [1.54, 1.807) is 48.9 Å². The van der Waals surface area contributed by atoms with E-state index in [4.69, 9.17) is 28.4 Å². The minimum atomic E-state index is 0.521. The SMILES string of the molecule is COc1cc(-c2cn[nH]c2-c2cc(OC)c(OC)c(OC)c2)cc(OC)c1OC. The Morgan fingerprint density at radius 1 is 0.586 bits per heavy atom. The Balaban J connectivity index is 2.19. The largest absolute Gasteiger partial charge is 0.493 e. The van der Waals surface area contributed by atoms with Crippen LogP contribution in [0.25, 0.3) is 22.4 Å². The number of rotatable bonds is 8. The van der Waals surface area contributed by atoms with Gasteiger partial charge in [-0.25, -0.2) is 0 Å². The fourth-order valence-corrected chi connectivity index (χ4v) is 3.19. The molecule has 2 aromatic carbocycles. The zero-order valence-electron chi connectivity index (χ0n) is 17.3. The third-order valence-electron chi connectivity index (χ3n) is 4.57. The lowest BCUT2D eigenvalue weighted by Gasteiger charge is -2.16. The quantitative estimate of drug-likeness (QED) is 0.616. The van der Waals surface area contributed by atoms with Crippen molar-refractivity contribution in [3.05, 3.63) is 30.5 Å². The van der Waals surface area contributed by atoms with Gasteiger partial charge in [0.25, 0.3) is 0 Å². The van der Waals surface area contributed by atoms with E-state index in [1.165, 1.54) is 0 Å². The number of H-pyrrole nitrogens is 1. The summed E-state index contributed by atoms with van der Waals surface area (Å²) in [6, 6.07) is 7.45. The van der Waals surface area contributed by atoms with Crippen molar-refractivity contribution in [2.75, 3.05) is 42.7 Å². The lowest BCUT2D eigenvalue weighted by Crippen LogP contribution is -1.97. The van der Waals surface area contributed by atoms with Crippen molar-refractivity contribution in [3.8, 4) is 56.9 Å². The van der Waals surface area contributed by atoms with Crippen LogP contribution in [0.4, 0.5) is 0 Å². The van der Waals surface area contributed by atoms with E-state index >= 15 is 0 Å². The molecule has 1 aromatic heterocycles. The first-order valence-corrected chi connectivity index (χ1v) is 8.75. The van der Waals surface area contributed by atoms with Gasteiger partial charge in [-0.05, 0) is 29.8 Å². The van der Waals surface area contributed by atoms with Crippen LogP contribution in [-0.2, 0) is 0 Å². The number of nitrogens with one attached hydrogen (secondary N) is 1. The maximum Gasteiger partial charge on any atom is 0.203 e. The normalized spacial score (nSPS) is 10.4. The van der Waals surface area contributed by atoms with E-state index in [0.29, 0.717) is 34.5 Å². The molecule has 8 heteroatoms. The number of ether oxygens (including phenoxy) is 6. The predicted octanol–water partition coefficient (Wildman–Crippen LogP) is 3.80. The van der Waals surface area contributed by atoms with Crippen molar-refractivity contribution >= 4 is 0 Å². The summed E-state index contributed by atoms with van der Waals surface area (Å²) >= 11 is 0. The highest BCUT2D eigenvalue weighted by atomic mass is 16.5. The van der Waals surface area contributed by atoms with Gasteiger partial charge in [-0.2, -0.15) is 5.10 Å². The summed E-state index contributed by atoms with van der Waals surface area (Å²) in [4.78, 5) is 0. The highest BCUT2D eigenvalue weighted by Crippen LogP contribution is 2.45. The standard InChI is InChI=1S/C21H24N2O6/c1-24-15-7-12(8-16(25-2)20(15)28-5)14-11-22-23-19(14)13-9-17(26-3)21(29-6)18(10-13)27-4/h7-11H,1-6H3,(H,22,23). The molecule has 0 bridgehead atoms. The molecule has 0 radical (unpaired) electrons. The van der Waals surface area contributed by atoms with Gasteiger partial charge in [-0.1, -0.05) is 0 Å². The molecule has 3 rings (SSSR count). The molecule has 154 valence electrons. The maximum atomic E-state index is 5.47. The van der Waals surface area contributed by atoms with Gasteiger partial charge in [0.05, 0.1) is 54.5 Å². The second kappa shape index (κ2) is 8.64. The number of hydrogen-bond acceptors (Lipinski definition) is 7. The van der Waals surface area contributed by atoms with E-state index in [2.05, 4.69) is 10.2 Å². The van der Waals surface area contributed by atoms with Crippen LogP contribution in [0, 0.1) is 0 Å². The van der Waals surface area contributed by atoms with Crippen LogP contribution in [0.2, 0.25) is 0 Å². The van der Waals surface area contributed by atoms with Gasteiger partial charge in [0.2, 0.25) is 11.5 Å². The summed E-state index contributed by atoms with van der Waals surface area (Å²) in [6.45, 7) is 0. The van der Waals surface area contributed by atoms with Crippen molar-refractivity contribution in [1.82, 2.24) is 10.2 Å². The first-order valence-electron chi connectivity index (χ1n) is 8.75. The van der Waals surface area contributed by atoms with Gasteiger partial charge >= 0.3 is 0 Å². The van der Waals surface area contributed by atoms with Crippen LogP contribution >= 0.6 is 0 Å². The smallest absolute Gasteiger partial charge is 0.203 e. The Morgan fingerprint density at radius 3 is 1.38 bits per heavy atom. The van der Waals surface area contributed by atoms with Crippen LogP contribution in [0.1, 0.15) is 0 Å². The van der Waals surface area contributed by atoms with E-state index in [1.807, 2.05) is 24.3 Å². The third-order valence-corrected chi connectivity index (χ3v) is 4.57. The minimum Gasteiger partial charge on any atom is -0.493 e. The molecular formula is C21H24N2O6. The number of aromatic amines is 1. The van der Waals surface area contributed by atoms with E-state index in [-0.39, 0.29) is 0 Å². The number of benzene rings is 2. The average molecular weight is 400 g/mol. The van der Waals surface area contributed by atoms with Crippen molar-refractivity contribution in [1.29, 1.82) is 0 Å². The predicted molar refractivity (Wildman–Crippen MR) is 109 cm³/mol. The summed E-state index contributed by atoms with van der Waals surface area (Å²) in [6.07, 6.45) is 1.74. The van der Waals surface area contributed by atoms with Gasteiger partial charge in [-0.15, -0.1) is 0 Å². The molecule has 0 saturated carbocycles. The van der Waals surface area contributed by atoms with Crippen molar-refractivity contribution in [3.63, 3.8) is 0 Å². The highest BCUT2D eigenvalue weighted by molar-refractivity contribution is 5.84. The second-order valence-electron chi connectivity index (χ2n) is 5.99. The fraction of sp³-hybridized carbons (Fsp3) is 0.286. The lowest BCUT2D eigenvalue weighted by molar-refractivity contribution is 0.324. The van der Waals surface area contributed by atoms with Crippen LogP contribution < -0.4 is 28.4 Å². The molecule has 29 heavy (non-hydrogen) atoms. The number of aromatic nitrogens is 2. The second-order valence-corrected chi connectivity index (χ2v) is 5.99. The Hall–Kier alpha value is -3.55. The van der Waals surface area contributed by atoms with Crippen LogP contribution in [-0.4, -0.2) is 52.9 Å². The molecule has 1 N–H and O–H groups in total. The molecule has 1 heterocycles. The average Bonchev–Trinajstić information content (AvgIpc) is 3.26. The number of hydrogen-bond donors (Lipinski definition) is 1. The molecule has 0 amide bonds.